The Hall–Kier alpha value is -1.19. The summed E-state index contributed by atoms with van der Waals surface area (Å²) in [5.74, 6) is 3.28. The molecule has 0 fully saturated rings. The molecule has 1 atom stereocenters. The molecular weight excluding hydrogens is 266 g/mol. The Labute approximate surface area is 125 Å². The van der Waals surface area contributed by atoms with Crippen LogP contribution in [0.2, 0.25) is 0 Å². The highest BCUT2D eigenvalue weighted by Crippen LogP contribution is 2.27. The van der Waals surface area contributed by atoms with Gasteiger partial charge in [0.05, 0.1) is 7.11 Å². The third-order valence-corrected chi connectivity index (χ3v) is 4.56. The van der Waals surface area contributed by atoms with E-state index in [0.717, 1.165) is 18.0 Å². The van der Waals surface area contributed by atoms with Crippen molar-refractivity contribution in [3.63, 3.8) is 0 Å². The minimum atomic E-state index is 0.503. The molecule has 0 aliphatic carbocycles. The van der Waals surface area contributed by atoms with Crippen LogP contribution in [0.25, 0.3) is 10.8 Å². The standard InChI is InChI=1S/C17H23NOS/c1-4-20-12-13(2)18-11-16-15-8-6-5-7-14(15)9-10-17(16)19-3/h5-10,13,18H,4,11-12H2,1-3H3. The predicted octanol–water partition coefficient (Wildman–Crippen LogP) is 4.08. The van der Waals surface area contributed by atoms with Crippen LogP contribution in [0.3, 0.4) is 0 Å². The number of benzene rings is 2. The number of hydrogen-bond acceptors (Lipinski definition) is 3. The Kier molecular flexibility index (Phi) is 5.74. The zero-order chi connectivity index (χ0) is 14.4. The van der Waals surface area contributed by atoms with Gasteiger partial charge < -0.3 is 10.1 Å². The summed E-state index contributed by atoms with van der Waals surface area (Å²) in [6.07, 6.45) is 0. The van der Waals surface area contributed by atoms with E-state index in [2.05, 4.69) is 55.6 Å². The zero-order valence-corrected chi connectivity index (χ0v) is 13.3. The van der Waals surface area contributed by atoms with Crippen LogP contribution in [0, 0.1) is 0 Å². The van der Waals surface area contributed by atoms with Gasteiger partial charge in [0.25, 0.3) is 0 Å². The van der Waals surface area contributed by atoms with Gasteiger partial charge in [-0.3, -0.25) is 0 Å². The first-order chi connectivity index (χ1) is 9.76. The van der Waals surface area contributed by atoms with Crippen LogP contribution in [0.4, 0.5) is 0 Å². The van der Waals surface area contributed by atoms with Crippen LogP contribution in [-0.4, -0.2) is 24.7 Å². The fourth-order valence-electron chi connectivity index (χ4n) is 2.32. The number of nitrogens with one attached hydrogen (secondary N) is 1. The van der Waals surface area contributed by atoms with E-state index in [1.165, 1.54) is 22.1 Å². The largest absolute Gasteiger partial charge is 0.496 e. The zero-order valence-electron chi connectivity index (χ0n) is 12.5. The number of methoxy groups -OCH3 is 1. The van der Waals surface area contributed by atoms with E-state index in [1.807, 2.05) is 11.8 Å². The normalized spacial score (nSPS) is 12.6. The molecule has 0 aromatic heterocycles. The van der Waals surface area contributed by atoms with Crippen LogP contribution < -0.4 is 10.1 Å². The summed E-state index contributed by atoms with van der Waals surface area (Å²) >= 11 is 1.97. The van der Waals surface area contributed by atoms with Crippen molar-refractivity contribution in [3.05, 3.63) is 42.0 Å². The fourth-order valence-corrected chi connectivity index (χ4v) is 3.03. The predicted molar refractivity (Wildman–Crippen MR) is 89.8 cm³/mol. The SMILES string of the molecule is CCSCC(C)NCc1c(OC)ccc2ccccc12. The van der Waals surface area contributed by atoms with Crippen LogP contribution in [0.15, 0.2) is 36.4 Å². The molecule has 2 nitrogen and oxygen atoms in total. The van der Waals surface area contributed by atoms with Gasteiger partial charge in [-0.1, -0.05) is 37.3 Å². The van der Waals surface area contributed by atoms with Gasteiger partial charge in [0.2, 0.25) is 0 Å². The maximum Gasteiger partial charge on any atom is 0.123 e. The van der Waals surface area contributed by atoms with Crippen LogP contribution in [-0.2, 0) is 6.54 Å². The van der Waals surface area contributed by atoms with Crippen molar-refractivity contribution in [1.82, 2.24) is 5.32 Å². The van der Waals surface area contributed by atoms with Gasteiger partial charge in [-0.25, -0.2) is 0 Å². The quantitative estimate of drug-likeness (QED) is 0.830. The molecule has 108 valence electrons. The lowest BCUT2D eigenvalue weighted by Crippen LogP contribution is -2.28. The lowest BCUT2D eigenvalue weighted by atomic mass is 10.0. The monoisotopic (exact) mass is 289 g/mol. The van der Waals surface area contributed by atoms with Crippen LogP contribution in [0.5, 0.6) is 5.75 Å². The third-order valence-electron chi connectivity index (χ3n) is 3.42. The second-order valence-electron chi connectivity index (χ2n) is 4.91. The second-order valence-corrected chi connectivity index (χ2v) is 6.23. The molecule has 1 unspecified atom stereocenters. The van der Waals surface area contributed by atoms with E-state index in [4.69, 9.17) is 4.74 Å². The van der Waals surface area contributed by atoms with Crippen molar-refractivity contribution in [3.8, 4) is 5.75 Å². The summed E-state index contributed by atoms with van der Waals surface area (Å²) in [7, 11) is 1.74. The number of hydrogen-bond donors (Lipinski definition) is 1. The molecule has 0 saturated carbocycles. The molecule has 2 aromatic carbocycles. The van der Waals surface area contributed by atoms with Crippen LogP contribution in [0.1, 0.15) is 19.4 Å². The molecule has 0 aliphatic heterocycles. The summed E-state index contributed by atoms with van der Waals surface area (Å²) in [5.41, 5.74) is 1.25. The van der Waals surface area contributed by atoms with E-state index in [-0.39, 0.29) is 0 Å². The summed E-state index contributed by atoms with van der Waals surface area (Å²) in [4.78, 5) is 0. The Balaban J connectivity index is 2.18. The number of ether oxygens (including phenoxy) is 1. The molecule has 1 N–H and O–H groups in total. The van der Waals surface area contributed by atoms with Gasteiger partial charge in [0.15, 0.2) is 0 Å². The molecular formula is C17H23NOS. The van der Waals surface area contributed by atoms with Gasteiger partial charge in [-0.2, -0.15) is 11.8 Å². The summed E-state index contributed by atoms with van der Waals surface area (Å²) in [5, 5.41) is 6.14. The van der Waals surface area contributed by atoms with E-state index in [0.29, 0.717) is 6.04 Å². The number of fused-ring (bicyclic) bond motifs is 1. The summed E-state index contributed by atoms with van der Waals surface area (Å²) in [6.45, 7) is 5.28. The summed E-state index contributed by atoms with van der Waals surface area (Å²) < 4.78 is 5.52. The maximum absolute atomic E-state index is 5.52. The van der Waals surface area contributed by atoms with E-state index in [1.54, 1.807) is 7.11 Å². The highest BCUT2D eigenvalue weighted by Gasteiger charge is 2.09. The Morgan fingerprint density at radius 1 is 1.20 bits per heavy atom. The minimum absolute atomic E-state index is 0.503. The first kappa shape index (κ1) is 15.2. The van der Waals surface area contributed by atoms with Crippen molar-refractivity contribution in [2.45, 2.75) is 26.4 Å². The molecule has 3 heteroatoms. The fraction of sp³-hybridized carbons (Fsp3) is 0.412. The first-order valence-electron chi connectivity index (χ1n) is 7.12. The average molecular weight is 289 g/mol. The molecule has 0 saturated heterocycles. The van der Waals surface area contributed by atoms with Gasteiger partial charge >= 0.3 is 0 Å². The van der Waals surface area contributed by atoms with Gasteiger partial charge in [0.1, 0.15) is 5.75 Å². The molecule has 0 heterocycles. The smallest absolute Gasteiger partial charge is 0.123 e. The molecule has 0 aliphatic rings. The number of thioether (sulfide) groups is 1. The van der Waals surface area contributed by atoms with Gasteiger partial charge in [0, 0.05) is 23.9 Å². The van der Waals surface area contributed by atoms with Crippen molar-refractivity contribution < 1.29 is 4.74 Å². The third kappa shape index (κ3) is 3.68. The van der Waals surface area contributed by atoms with Crippen molar-refractivity contribution >= 4 is 22.5 Å². The number of rotatable bonds is 7. The molecule has 2 rings (SSSR count). The highest BCUT2D eigenvalue weighted by molar-refractivity contribution is 7.99. The second kappa shape index (κ2) is 7.55. The maximum atomic E-state index is 5.52. The topological polar surface area (TPSA) is 21.3 Å². The molecule has 20 heavy (non-hydrogen) atoms. The highest BCUT2D eigenvalue weighted by atomic mass is 32.2. The Morgan fingerprint density at radius 2 is 2.00 bits per heavy atom. The molecule has 2 aromatic rings. The van der Waals surface area contributed by atoms with E-state index < -0.39 is 0 Å². The Bertz CT molecular complexity index is 556. The van der Waals surface area contributed by atoms with Crippen molar-refractivity contribution in [2.75, 3.05) is 18.6 Å². The van der Waals surface area contributed by atoms with Crippen molar-refractivity contribution in [2.24, 2.45) is 0 Å². The lowest BCUT2D eigenvalue weighted by molar-refractivity contribution is 0.407. The average Bonchev–Trinajstić information content (AvgIpc) is 2.50. The summed E-state index contributed by atoms with van der Waals surface area (Å²) in [6, 6.07) is 13.2. The van der Waals surface area contributed by atoms with E-state index >= 15 is 0 Å². The van der Waals surface area contributed by atoms with Gasteiger partial charge in [-0.05, 0) is 29.5 Å². The van der Waals surface area contributed by atoms with Crippen LogP contribution >= 0.6 is 11.8 Å². The van der Waals surface area contributed by atoms with Crippen molar-refractivity contribution in [1.29, 1.82) is 0 Å². The first-order valence-corrected chi connectivity index (χ1v) is 8.27. The van der Waals surface area contributed by atoms with E-state index in [9.17, 15) is 0 Å². The molecule has 0 spiro atoms. The molecule has 0 bridgehead atoms. The molecule has 0 radical (unpaired) electrons. The lowest BCUT2D eigenvalue weighted by Gasteiger charge is -2.16. The van der Waals surface area contributed by atoms with Gasteiger partial charge in [-0.15, -0.1) is 0 Å². The minimum Gasteiger partial charge on any atom is -0.496 e. The molecule has 0 amide bonds. The Morgan fingerprint density at radius 3 is 2.75 bits per heavy atom.